The number of nitrogens with zero attached hydrogens (tertiary/aromatic N) is 1. The van der Waals surface area contributed by atoms with E-state index < -0.39 is 18.7 Å². The lowest BCUT2D eigenvalue weighted by Crippen LogP contribution is -2.56. The highest BCUT2D eigenvalue weighted by Crippen LogP contribution is 2.38. The lowest BCUT2D eigenvalue weighted by molar-refractivity contribution is 0.0693. The number of hydrogen-bond donors (Lipinski definition) is 4. The number of benzene rings is 1. The van der Waals surface area contributed by atoms with Crippen LogP contribution in [0, 0.1) is 5.92 Å². The van der Waals surface area contributed by atoms with Crippen molar-refractivity contribution in [3.05, 3.63) is 29.3 Å². The van der Waals surface area contributed by atoms with Crippen LogP contribution in [0.3, 0.4) is 0 Å². The number of carboxylic acids is 1. The molecule has 28 heavy (non-hydrogen) atoms. The third-order valence-electron chi connectivity index (χ3n) is 6.03. The number of fused-ring (bicyclic) bond motifs is 2. The number of aromatic carboxylic acids is 1. The summed E-state index contributed by atoms with van der Waals surface area (Å²) in [7, 11) is 0. The summed E-state index contributed by atoms with van der Waals surface area (Å²) in [6.45, 7) is -1.18. The number of para-hydroxylation sites is 1. The smallest absolute Gasteiger partial charge is 0.514 e. The molecule has 1 saturated carbocycles. The molecule has 2 heterocycles. The summed E-state index contributed by atoms with van der Waals surface area (Å²) in [5, 5.41) is 23.7. The second-order valence-electron chi connectivity index (χ2n) is 8.02. The first kappa shape index (κ1) is 19.2. The summed E-state index contributed by atoms with van der Waals surface area (Å²) in [5.74, 6) is -0.429. The molecule has 3 aliphatic rings. The van der Waals surface area contributed by atoms with E-state index in [-0.39, 0.29) is 11.3 Å². The minimum Gasteiger partial charge on any atom is -0.658 e. The molecule has 8 nitrogen and oxygen atoms in total. The fourth-order valence-corrected chi connectivity index (χ4v) is 4.53. The van der Waals surface area contributed by atoms with E-state index in [1.54, 1.807) is 12.1 Å². The third kappa shape index (κ3) is 3.74. The van der Waals surface area contributed by atoms with E-state index in [9.17, 15) is 14.9 Å². The molecule has 0 radical (unpaired) electrons. The van der Waals surface area contributed by atoms with Gasteiger partial charge in [0.05, 0.1) is 11.3 Å². The second-order valence-corrected chi connectivity index (χ2v) is 8.02. The third-order valence-corrected chi connectivity index (χ3v) is 6.03. The van der Waals surface area contributed by atoms with Gasteiger partial charge in [0.1, 0.15) is 5.90 Å². The second kappa shape index (κ2) is 7.73. The Morgan fingerprint density at radius 3 is 2.79 bits per heavy atom. The summed E-state index contributed by atoms with van der Waals surface area (Å²) < 4.78 is 11.5. The van der Waals surface area contributed by atoms with Gasteiger partial charge in [0.15, 0.2) is 0 Å². The van der Waals surface area contributed by atoms with Crippen LogP contribution < -0.4 is 15.7 Å². The fraction of sp³-hybridized carbons (Fsp3) is 0.579. The maximum absolute atomic E-state index is 11.5. The number of nitrogens with two attached hydrogens (primary N) is 1. The van der Waals surface area contributed by atoms with Crippen molar-refractivity contribution >= 4 is 18.6 Å². The molecule has 0 aromatic heterocycles. The van der Waals surface area contributed by atoms with Gasteiger partial charge in [-0.25, -0.2) is 4.79 Å². The lowest BCUT2D eigenvalue weighted by Gasteiger charge is -2.41. The summed E-state index contributed by atoms with van der Waals surface area (Å²) in [5.41, 5.74) is 6.31. The molecule has 152 valence electrons. The normalized spacial score (nSPS) is 31.2. The van der Waals surface area contributed by atoms with Gasteiger partial charge in [0.2, 0.25) is 0 Å². The quantitative estimate of drug-likeness (QED) is 0.537. The Hall–Kier alpha value is -2.10. The first-order valence-corrected chi connectivity index (χ1v) is 10.1. The number of aliphatic imine (C=N–C) groups is 1. The van der Waals surface area contributed by atoms with E-state index in [4.69, 9.17) is 15.0 Å². The highest BCUT2D eigenvalue weighted by molar-refractivity contribution is 6.65. The number of rotatable bonds is 6. The average molecular weight is 388 g/mol. The lowest BCUT2D eigenvalue weighted by atomic mass is 9.65. The topological polar surface area (TPSA) is 126 Å². The summed E-state index contributed by atoms with van der Waals surface area (Å²) >= 11 is 0. The minimum atomic E-state index is -2.68. The molecule has 4 rings (SSSR count). The molecule has 1 fully saturated rings. The van der Waals surface area contributed by atoms with Crippen molar-refractivity contribution in [2.75, 3.05) is 13.1 Å². The fourth-order valence-electron chi connectivity index (χ4n) is 4.53. The Morgan fingerprint density at radius 1 is 1.29 bits per heavy atom. The van der Waals surface area contributed by atoms with Crippen molar-refractivity contribution in [1.29, 1.82) is 0 Å². The Labute approximate surface area is 164 Å². The Balaban J connectivity index is 1.39. The highest BCUT2D eigenvalue weighted by Gasteiger charge is 2.49. The van der Waals surface area contributed by atoms with Crippen LogP contribution in [-0.4, -0.2) is 53.8 Å². The standard InChI is InChI=1S/C19H27BN3O5/c21-8-9-22-14-6-4-12(5-7-14)10-17-23-16-11-13-2-1-3-15(19(24)25)18(13)28-20(16,26)27-17/h1-3,12,14,16,22,26H,4-11,21H2,(H,24,25)/q-1/t12?,14?,16-,20-/m0/s1. The molecule has 1 aliphatic carbocycles. The molecular weight excluding hydrogens is 361 g/mol. The molecule has 5 N–H and O–H groups in total. The van der Waals surface area contributed by atoms with E-state index in [1.165, 1.54) is 6.07 Å². The molecule has 2 aliphatic heterocycles. The van der Waals surface area contributed by atoms with Crippen LogP contribution in [0.25, 0.3) is 0 Å². The van der Waals surface area contributed by atoms with Crippen LogP contribution >= 0.6 is 0 Å². The largest absolute Gasteiger partial charge is 0.658 e. The van der Waals surface area contributed by atoms with Crippen LogP contribution in [-0.2, 0) is 11.1 Å². The zero-order valence-electron chi connectivity index (χ0n) is 15.8. The summed E-state index contributed by atoms with van der Waals surface area (Å²) in [4.78, 5) is 16.0. The van der Waals surface area contributed by atoms with E-state index in [2.05, 4.69) is 10.3 Å². The van der Waals surface area contributed by atoms with Crippen LogP contribution in [0.5, 0.6) is 5.75 Å². The highest BCUT2D eigenvalue weighted by atomic mass is 16.7. The molecule has 0 spiro atoms. The van der Waals surface area contributed by atoms with Gasteiger partial charge >= 0.3 is 12.7 Å². The first-order valence-electron chi connectivity index (χ1n) is 10.1. The maximum Gasteiger partial charge on any atom is 0.514 e. The van der Waals surface area contributed by atoms with Crippen molar-refractivity contribution in [2.24, 2.45) is 16.6 Å². The van der Waals surface area contributed by atoms with Gasteiger partial charge in [-0.15, -0.1) is 0 Å². The van der Waals surface area contributed by atoms with E-state index in [1.807, 2.05) is 0 Å². The first-order chi connectivity index (χ1) is 13.5. The zero-order chi connectivity index (χ0) is 19.7. The van der Waals surface area contributed by atoms with E-state index in [0.29, 0.717) is 37.2 Å². The number of hydrogen-bond acceptors (Lipinski definition) is 7. The summed E-state index contributed by atoms with van der Waals surface area (Å²) in [6.07, 6.45) is 5.43. The van der Waals surface area contributed by atoms with Gasteiger partial charge in [-0.3, -0.25) is 4.99 Å². The van der Waals surface area contributed by atoms with Crippen molar-refractivity contribution in [3.8, 4) is 5.75 Å². The van der Waals surface area contributed by atoms with Crippen molar-refractivity contribution in [3.63, 3.8) is 0 Å². The number of carboxylic acid groups (broad SMARTS) is 1. The predicted molar refractivity (Wildman–Crippen MR) is 105 cm³/mol. The van der Waals surface area contributed by atoms with Crippen LogP contribution in [0.15, 0.2) is 23.2 Å². The minimum absolute atomic E-state index is 0.0339. The van der Waals surface area contributed by atoms with Crippen molar-refractivity contribution in [1.82, 2.24) is 5.32 Å². The Bertz CT molecular complexity index is 781. The van der Waals surface area contributed by atoms with Gasteiger partial charge in [-0.05, 0) is 49.7 Å². The zero-order valence-corrected chi connectivity index (χ0v) is 15.8. The van der Waals surface area contributed by atoms with Gasteiger partial charge in [0, 0.05) is 31.5 Å². The van der Waals surface area contributed by atoms with Crippen molar-refractivity contribution in [2.45, 2.75) is 50.5 Å². The van der Waals surface area contributed by atoms with Gasteiger partial charge < -0.3 is 30.5 Å². The van der Waals surface area contributed by atoms with Crippen LogP contribution in [0.1, 0.15) is 48.0 Å². The Morgan fingerprint density at radius 2 is 2.07 bits per heavy atom. The van der Waals surface area contributed by atoms with E-state index in [0.717, 1.165) is 37.8 Å². The maximum atomic E-state index is 11.5. The SMILES string of the molecule is NCCNC1CCC(CC2=N[C@H]3Cc4cccc(C(=O)O)c4O[B@@-]3(O)O2)CC1. The van der Waals surface area contributed by atoms with Crippen molar-refractivity contribution < 1.29 is 24.2 Å². The molecule has 9 heteroatoms. The molecule has 0 amide bonds. The van der Waals surface area contributed by atoms with Crippen LogP contribution in [0.4, 0.5) is 0 Å². The molecule has 1 aromatic carbocycles. The predicted octanol–water partition coefficient (Wildman–Crippen LogP) is 1.08. The van der Waals surface area contributed by atoms with E-state index >= 15 is 0 Å². The number of carbonyl (C=O) groups is 1. The summed E-state index contributed by atoms with van der Waals surface area (Å²) in [6, 6.07) is 5.48. The molecule has 1 aromatic rings. The number of nitrogens with one attached hydrogen (secondary N) is 1. The molecule has 0 unspecified atom stereocenters. The average Bonchev–Trinajstić information content (AvgIpc) is 2.99. The molecular formula is C19H27BN3O5-. The van der Waals surface area contributed by atoms with Crippen LogP contribution in [0.2, 0.25) is 0 Å². The molecule has 0 saturated heterocycles. The van der Waals surface area contributed by atoms with Gasteiger partial charge in [-0.2, -0.15) is 0 Å². The monoisotopic (exact) mass is 388 g/mol. The molecule has 2 atom stereocenters. The van der Waals surface area contributed by atoms with Gasteiger partial charge in [-0.1, -0.05) is 12.1 Å². The molecule has 0 bridgehead atoms. The van der Waals surface area contributed by atoms with Gasteiger partial charge in [0.25, 0.3) is 0 Å². The Kier molecular flexibility index (Phi) is 5.31.